The second-order valence-corrected chi connectivity index (χ2v) is 4.88. The van der Waals surface area contributed by atoms with Gasteiger partial charge in [0.05, 0.1) is 17.3 Å². The Kier molecular flexibility index (Phi) is 4.54. The van der Waals surface area contributed by atoms with E-state index in [1.165, 1.54) is 19.1 Å². The summed E-state index contributed by atoms with van der Waals surface area (Å²) in [5.74, 6) is -1.71. The lowest BCUT2D eigenvalue weighted by molar-refractivity contribution is -0.118. The Labute approximate surface area is 121 Å². The molecule has 7 nitrogen and oxygen atoms in total. The van der Waals surface area contributed by atoms with Gasteiger partial charge in [0.1, 0.15) is 0 Å². The molecule has 1 aliphatic rings. The molecule has 1 aliphatic heterocycles. The highest BCUT2D eigenvalue weighted by Gasteiger charge is 2.23. The van der Waals surface area contributed by atoms with Gasteiger partial charge in [-0.15, -0.1) is 0 Å². The molecule has 112 valence electrons. The van der Waals surface area contributed by atoms with Crippen molar-refractivity contribution in [3.05, 3.63) is 23.8 Å². The molecule has 1 aromatic carbocycles. The fraction of sp³-hybridized carbons (Fsp3) is 0.357. The molecule has 7 heteroatoms. The van der Waals surface area contributed by atoms with Crippen LogP contribution >= 0.6 is 0 Å². The number of hydrogen-bond donors (Lipinski definition) is 4. The van der Waals surface area contributed by atoms with Crippen LogP contribution < -0.4 is 16.0 Å². The van der Waals surface area contributed by atoms with Crippen molar-refractivity contribution in [3.8, 4) is 0 Å². The van der Waals surface area contributed by atoms with Gasteiger partial charge >= 0.3 is 5.97 Å². The van der Waals surface area contributed by atoms with Gasteiger partial charge < -0.3 is 21.1 Å². The highest BCUT2D eigenvalue weighted by Crippen LogP contribution is 2.21. The summed E-state index contributed by atoms with van der Waals surface area (Å²) in [6, 6.07) is 4.05. The standard InChI is InChI=1S/C14H17N3O4/c1-8(18)16-9-4-5-11(10(7-9)14(20)21)17-13(19)12-3-2-6-15-12/h4-5,7,12,15H,2-3,6H2,1H3,(H,16,18)(H,17,19)(H,20,21)/t12-/m0/s1. The van der Waals surface area contributed by atoms with Crippen LogP contribution in [-0.4, -0.2) is 35.5 Å². The summed E-state index contributed by atoms with van der Waals surface area (Å²) in [7, 11) is 0. The number of aromatic carboxylic acids is 1. The van der Waals surface area contributed by atoms with Gasteiger partial charge in [0.25, 0.3) is 0 Å². The molecule has 1 saturated heterocycles. The maximum absolute atomic E-state index is 12.0. The van der Waals surface area contributed by atoms with Crippen molar-refractivity contribution in [2.24, 2.45) is 0 Å². The summed E-state index contributed by atoms with van der Waals surface area (Å²) >= 11 is 0. The molecular weight excluding hydrogens is 274 g/mol. The number of carbonyl (C=O) groups excluding carboxylic acids is 2. The first kappa shape index (κ1) is 15.0. The van der Waals surface area contributed by atoms with Crippen LogP contribution in [-0.2, 0) is 9.59 Å². The summed E-state index contributed by atoms with van der Waals surface area (Å²) in [5, 5.41) is 17.4. The van der Waals surface area contributed by atoms with Gasteiger partial charge in [-0.1, -0.05) is 0 Å². The van der Waals surface area contributed by atoms with E-state index in [-0.39, 0.29) is 29.1 Å². The molecule has 2 rings (SSSR count). The number of carboxylic acids is 1. The second-order valence-electron chi connectivity index (χ2n) is 4.88. The first-order chi connectivity index (χ1) is 9.97. The first-order valence-electron chi connectivity index (χ1n) is 6.66. The molecule has 4 N–H and O–H groups in total. The Balaban J connectivity index is 2.19. The van der Waals surface area contributed by atoms with Crippen molar-refractivity contribution in [3.63, 3.8) is 0 Å². The van der Waals surface area contributed by atoms with Gasteiger partial charge in [-0.05, 0) is 37.6 Å². The normalized spacial score (nSPS) is 17.3. The lowest BCUT2D eigenvalue weighted by Gasteiger charge is -2.14. The van der Waals surface area contributed by atoms with Crippen LogP contribution in [0.5, 0.6) is 0 Å². The van der Waals surface area contributed by atoms with E-state index in [1.807, 2.05) is 0 Å². The second kappa shape index (κ2) is 6.36. The summed E-state index contributed by atoms with van der Waals surface area (Å²) < 4.78 is 0. The average molecular weight is 291 g/mol. The van der Waals surface area contributed by atoms with Crippen molar-refractivity contribution in [2.75, 3.05) is 17.2 Å². The van der Waals surface area contributed by atoms with Crippen molar-refractivity contribution >= 4 is 29.2 Å². The fourth-order valence-corrected chi connectivity index (χ4v) is 2.24. The largest absolute Gasteiger partial charge is 0.478 e. The molecule has 1 fully saturated rings. The molecule has 0 saturated carbocycles. The smallest absolute Gasteiger partial charge is 0.337 e. The maximum atomic E-state index is 12.0. The highest BCUT2D eigenvalue weighted by atomic mass is 16.4. The van der Waals surface area contributed by atoms with Crippen LogP contribution in [0.25, 0.3) is 0 Å². The summed E-state index contributed by atoms with van der Waals surface area (Å²) in [6.45, 7) is 2.12. The highest BCUT2D eigenvalue weighted by molar-refractivity contribution is 6.03. The molecule has 0 unspecified atom stereocenters. The zero-order valence-corrected chi connectivity index (χ0v) is 11.6. The summed E-state index contributed by atoms with van der Waals surface area (Å²) in [4.78, 5) is 34.3. The molecule has 21 heavy (non-hydrogen) atoms. The minimum atomic E-state index is -1.17. The molecule has 2 amide bonds. The number of anilines is 2. The molecule has 1 aromatic rings. The van der Waals surface area contributed by atoms with E-state index in [4.69, 9.17) is 0 Å². The number of benzene rings is 1. The molecule has 1 atom stereocenters. The van der Waals surface area contributed by atoms with Crippen LogP contribution in [0.3, 0.4) is 0 Å². The minimum absolute atomic E-state index is 0.0624. The third-order valence-electron chi connectivity index (χ3n) is 3.21. The van der Waals surface area contributed by atoms with Crippen molar-refractivity contribution < 1.29 is 19.5 Å². The molecule has 0 aromatic heterocycles. The van der Waals surface area contributed by atoms with Crippen molar-refractivity contribution in [2.45, 2.75) is 25.8 Å². The molecule has 0 aliphatic carbocycles. The zero-order valence-electron chi connectivity index (χ0n) is 11.6. The number of amides is 2. The molecule has 1 heterocycles. The Hall–Kier alpha value is -2.41. The van der Waals surface area contributed by atoms with E-state index in [2.05, 4.69) is 16.0 Å². The molecular formula is C14H17N3O4. The van der Waals surface area contributed by atoms with Crippen LogP contribution in [0.1, 0.15) is 30.1 Å². The third kappa shape index (κ3) is 3.79. The lowest BCUT2D eigenvalue weighted by Crippen LogP contribution is -2.35. The number of carbonyl (C=O) groups is 3. The van der Waals surface area contributed by atoms with Crippen LogP contribution in [0, 0.1) is 0 Å². The minimum Gasteiger partial charge on any atom is -0.478 e. The van der Waals surface area contributed by atoms with E-state index in [1.54, 1.807) is 6.07 Å². The number of hydrogen-bond acceptors (Lipinski definition) is 4. The van der Waals surface area contributed by atoms with Crippen molar-refractivity contribution in [1.29, 1.82) is 0 Å². The van der Waals surface area contributed by atoms with Gasteiger partial charge in [0, 0.05) is 12.6 Å². The maximum Gasteiger partial charge on any atom is 0.337 e. The van der Waals surface area contributed by atoms with Gasteiger partial charge in [-0.25, -0.2) is 4.79 Å². The van der Waals surface area contributed by atoms with Gasteiger partial charge in [0.15, 0.2) is 0 Å². The number of rotatable bonds is 4. The van der Waals surface area contributed by atoms with E-state index >= 15 is 0 Å². The topological polar surface area (TPSA) is 108 Å². The Morgan fingerprint density at radius 3 is 2.62 bits per heavy atom. The van der Waals surface area contributed by atoms with Gasteiger partial charge in [-0.2, -0.15) is 0 Å². The number of carboxylic acid groups (broad SMARTS) is 1. The predicted molar refractivity (Wildman–Crippen MR) is 77.4 cm³/mol. The van der Waals surface area contributed by atoms with Crippen LogP contribution in [0.15, 0.2) is 18.2 Å². The van der Waals surface area contributed by atoms with E-state index in [0.29, 0.717) is 5.69 Å². The summed E-state index contributed by atoms with van der Waals surface area (Å²) in [6.07, 6.45) is 1.66. The summed E-state index contributed by atoms with van der Waals surface area (Å²) in [5.41, 5.74) is 0.528. The van der Waals surface area contributed by atoms with E-state index in [0.717, 1.165) is 19.4 Å². The zero-order chi connectivity index (χ0) is 15.4. The Morgan fingerprint density at radius 2 is 2.05 bits per heavy atom. The molecule has 0 radical (unpaired) electrons. The number of nitrogens with one attached hydrogen (secondary N) is 3. The van der Waals surface area contributed by atoms with Gasteiger partial charge in [0.2, 0.25) is 11.8 Å². The average Bonchev–Trinajstić information content (AvgIpc) is 2.93. The molecule has 0 spiro atoms. The monoisotopic (exact) mass is 291 g/mol. The van der Waals surface area contributed by atoms with Crippen LogP contribution in [0.2, 0.25) is 0 Å². The quantitative estimate of drug-likeness (QED) is 0.663. The van der Waals surface area contributed by atoms with E-state index < -0.39 is 5.97 Å². The lowest BCUT2D eigenvalue weighted by atomic mass is 10.1. The predicted octanol–water partition coefficient (Wildman–Crippen LogP) is 1.03. The van der Waals surface area contributed by atoms with E-state index in [9.17, 15) is 19.5 Å². The third-order valence-corrected chi connectivity index (χ3v) is 3.21. The SMILES string of the molecule is CC(=O)Nc1ccc(NC(=O)[C@@H]2CCCN2)c(C(=O)O)c1. The first-order valence-corrected chi connectivity index (χ1v) is 6.66. The van der Waals surface area contributed by atoms with Crippen molar-refractivity contribution in [1.82, 2.24) is 5.32 Å². The Morgan fingerprint density at radius 1 is 1.29 bits per heavy atom. The fourth-order valence-electron chi connectivity index (χ4n) is 2.24. The molecule has 0 bridgehead atoms. The van der Waals surface area contributed by atoms with Crippen LogP contribution in [0.4, 0.5) is 11.4 Å². The van der Waals surface area contributed by atoms with Gasteiger partial charge in [-0.3, -0.25) is 9.59 Å². The Bertz CT molecular complexity index is 580.